The number of nitrogens with zero attached hydrogens (tertiary/aromatic N) is 3. The third-order valence-electron chi connectivity index (χ3n) is 3.31. The minimum absolute atomic E-state index is 0.0770. The number of phenols is 1. The van der Waals surface area contributed by atoms with E-state index in [9.17, 15) is 5.11 Å². The van der Waals surface area contributed by atoms with Crippen molar-refractivity contribution in [1.82, 2.24) is 14.5 Å². The number of fused-ring (bicyclic) bond motifs is 1. The highest BCUT2D eigenvalue weighted by atomic mass is 16.3. The highest BCUT2D eigenvalue weighted by Crippen LogP contribution is 2.34. The molecule has 0 aliphatic heterocycles. The monoisotopic (exact) mass is 268 g/mol. The summed E-state index contributed by atoms with van der Waals surface area (Å²) in [6.07, 6.45) is 4.46. The first-order valence-corrected chi connectivity index (χ1v) is 6.60. The van der Waals surface area contributed by atoms with Gasteiger partial charge in [0.1, 0.15) is 17.1 Å². The maximum Gasteiger partial charge on any atom is 0.149 e. The second-order valence-electron chi connectivity index (χ2n) is 4.69. The summed E-state index contributed by atoms with van der Waals surface area (Å²) < 4.78 is 2.09. The van der Waals surface area contributed by atoms with Crippen LogP contribution in [0.3, 0.4) is 0 Å². The molecule has 0 spiro atoms. The lowest BCUT2D eigenvalue weighted by Crippen LogP contribution is -2.00. The molecule has 5 heteroatoms. The smallest absolute Gasteiger partial charge is 0.149 e. The Morgan fingerprint density at radius 3 is 2.95 bits per heavy atom. The molecule has 0 fully saturated rings. The summed E-state index contributed by atoms with van der Waals surface area (Å²) in [5, 5.41) is 10.2. The van der Waals surface area contributed by atoms with Gasteiger partial charge in [0.2, 0.25) is 0 Å². The van der Waals surface area contributed by atoms with Gasteiger partial charge >= 0.3 is 0 Å². The standard InChI is InChI=1S/C15H16N4O/c1-2-8-19-13-6-7-17-9-12(13)18-15(19)10-4-3-5-11(16)14(10)20/h3-7,9,20H,2,8,16H2,1H3. The van der Waals surface area contributed by atoms with E-state index in [2.05, 4.69) is 21.5 Å². The molecule has 0 amide bonds. The molecule has 1 aromatic carbocycles. The molecule has 2 aromatic heterocycles. The summed E-state index contributed by atoms with van der Waals surface area (Å²) in [5.41, 5.74) is 8.61. The lowest BCUT2D eigenvalue weighted by molar-refractivity contribution is 0.479. The van der Waals surface area contributed by atoms with Crippen molar-refractivity contribution < 1.29 is 5.11 Å². The minimum Gasteiger partial charge on any atom is -0.505 e. The number of aromatic hydroxyl groups is 1. The molecule has 0 unspecified atom stereocenters. The summed E-state index contributed by atoms with van der Waals surface area (Å²) in [4.78, 5) is 8.69. The average Bonchev–Trinajstić information content (AvgIpc) is 2.81. The number of aryl methyl sites for hydroxylation is 1. The largest absolute Gasteiger partial charge is 0.505 e. The van der Waals surface area contributed by atoms with Crippen LogP contribution in [0.15, 0.2) is 36.7 Å². The first kappa shape index (κ1) is 12.5. The first-order chi connectivity index (χ1) is 9.72. The summed E-state index contributed by atoms with van der Waals surface area (Å²) >= 11 is 0. The molecule has 102 valence electrons. The molecule has 0 atom stereocenters. The quantitative estimate of drug-likeness (QED) is 0.565. The van der Waals surface area contributed by atoms with Gasteiger partial charge < -0.3 is 15.4 Å². The number of phenolic OH excluding ortho intramolecular Hbond substituents is 1. The van der Waals surface area contributed by atoms with Gasteiger partial charge in [0, 0.05) is 12.7 Å². The van der Waals surface area contributed by atoms with Crippen molar-refractivity contribution >= 4 is 16.7 Å². The van der Waals surface area contributed by atoms with E-state index in [1.165, 1.54) is 0 Å². The van der Waals surface area contributed by atoms with Crippen LogP contribution in [0.5, 0.6) is 5.75 Å². The minimum atomic E-state index is 0.0770. The molecule has 0 saturated carbocycles. The second kappa shape index (κ2) is 4.85. The van der Waals surface area contributed by atoms with Crippen LogP contribution in [-0.4, -0.2) is 19.6 Å². The van der Waals surface area contributed by atoms with E-state index in [0.717, 1.165) is 29.8 Å². The number of pyridine rings is 1. The topological polar surface area (TPSA) is 77.0 Å². The predicted molar refractivity (Wildman–Crippen MR) is 79.3 cm³/mol. The van der Waals surface area contributed by atoms with Gasteiger partial charge in [0.25, 0.3) is 0 Å². The molecule has 0 saturated heterocycles. The predicted octanol–water partition coefficient (Wildman–Crippen LogP) is 2.80. The molecule has 0 aliphatic carbocycles. The maximum atomic E-state index is 10.2. The number of imidazole rings is 1. The van der Waals surface area contributed by atoms with Crippen LogP contribution in [0.25, 0.3) is 22.4 Å². The third kappa shape index (κ3) is 1.87. The summed E-state index contributed by atoms with van der Waals surface area (Å²) in [6, 6.07) is 7.25. The van der Waals surface area contributed by atoms with E-state index in [0.29, 0.717) is 11.3 Å². The van der Waals surface area contributed by atoms with E-state index < -0.39 is 0 Å². The van der Waals surface area contributed by atoms with Crippen molar-refractivity contribution in [2.45, 2.75) is 19.9 Å². The lowest BCUT2D eigenvalue weighted by atomic mass is 10.1. The molecule has 2 heterocycles. The number of para-hydroxylation sites is 1. The number of aromatic nitrogens is 3. The molecule has 0 bridgehead atoms. The van der Waals surface area contributed by atoms with Gasteiger partial charge in [-0.05, 0) is 24.6 Å². The molecule has 3 N–H and O–H groups in total. The van der Waals surface area contributed by atoms with Crippen molar-refractivity contribution in [2.75, 3.05) is 5.73 Å². The number of anilines is 1. The van der Waals surface area contributed by atoms with Crippen LogP contribution in [0.1, 0.15) is 13.3 Å². The fourth-order valence-electron chi connectivity index (χ4n) is 2.38. The van der Waals surface area contributed by atoms with Crippen LogP contribution < -0.4 is 5.73 Å². The van der Waals surface area contributed by atoms with Crippen LogP contribution in [0.2, 0.25) is 0 Å². The van der Waals surface area contributed by atoms with Crippen LogP contribution in [0.4, 0.5) is 5.69 Å². The molecule has 3 rings (SSSR count). The van der Waals surface area contributed by atoms with E-state index in [4.69, 9.17) is 5.73 Å². The Bertz CT molecular complexity index is 764. The SMILES string of the molecule is CCCn1c(-c2cccc(N)c2O)nc2cnccc21. The molecule has 20 heavy (non-hydrogen) atoms. The van der Waals surface area contributed by atoms with Crippen molar-refractivity contribution in [1.29, 1.82) is 0 Å². The Morgan fingerprint density at radius 1 is 1.30 bits per heavy atom. The number of rotatable bonds is 3. The number of hydrogen-bond acceptors (Lipinski definition) is 4. The number of hydrogen-bond donors (Lipinski definition) is 2. The molecule has 5 nitrogen and oxygen atoms in total. The van der Waals surface area contributed by atoms with Crippen molar-refractivity contribution in [3.63, 3.8) is 0 Å². The third-order valence-corrected chi connectivity index (χ3v) is 3.31. The first-order valence-electron chi connectivity index (χ1n) is 6.60. The zero-order valence-electron chi connectivity index (χ0n) is 11.2. The average molecular weight is 268 g/mol. The highest BCUT2D eigenvalue weighted by Gasteiger charge is 2.16. The lowest BCUT2D eigenvalue weighted by Gasteiger charge is -2.10. The molecule has 0 radical (unpaired) electrons. The number of nitrogens with two attached hydrogens (primary N) is 1. The second-order valence-corrected chi connectivity index (χ2v) is 4.69. The van der Waals surface area contributed by atoms with Crippen molar-refractivity contribution in [3.8, 4) is 17.1 Å². The number of nitrogen functional groups attached to an aromatic ring is 1. The van der Waals surface area contributed by atoms with Gasteiger partial charge in [-0.15, -0.1) is 0 Å². The molecular weight excluding hydrogens is 252 g/mol. The van der Waals surface area contributed by atoms with Crippen LogP contribution >= 0.6 is 0 Å². The highest BCUT2D eigenvalue weighted by molar-refractivity contribution is 5.82. The fraction of sp³-hybridized carbons (Fsp3) is 0.200. The zero-order valence-corrected chi connectivity index (χ0v) is 11.2. The molecular formula is C15H16N4O. The molecule has 0 aliphatic rings. The van der Waals surface area contributed by atoms with Crippen molar-refractivity contribution in [2.24, 2.45) is 0 Å². The molecule has 3 aromatic rings. The van der Waals surface area contributed by atoms with Gasteiger partial charge in [-0.25, -0.2) is 4.98 Å². The maximum absolute atomic E-state index is 10.2. The van der Waals surface area contributed by atoms with Gasteiger partial charge in [0.05, 0.1) is 23.0 Å². The fourth-order valence-corrected chi connectivity index (χ4v) is 2.38. The van der Waals surface area contributed by atoms with E-state index >= 15 is 0 Å². The van der Waals surface area contributed by atoms with Gasteiger partial charge in [-0.1, -0.05) is 13.0 Å². The Morgan fingerprint density at radius 2 is 2.15 bits per heavy atom. The van der Waals surface area contributed by atoms with Gasteiger partial charge in [-0.3, -0.25) is 4.98 Å². The summed E-state index contributed by atoms with van der Waals surface area (Å²) in [7, 11) is 0. The summed E-state index contributed by atoms with van der Waals surface area (Å²) in [6.45, 7) is 2.93. The van der Waals surface area contributed by atoms with Gasteiger partial charge in [-0.2, -0.15) is 0 Å². The van der Waals surface area contributed by atoms with E-state index in [-0.39, 0.29) is 5.75 Å². The van der Waals surface area contributed by atoms with E-state index in [1.54, 1.807) is 18.5 Å². The Balaban J connectivity index is 2.29. The number of benzene rings is 1. The Hall–Kier alpha value is -2.56. The summed E-state index contributed by atoms with van der Waals surface area (Å²) in [5.74, 6) is 0.799. The van der Waals surface area contributed by atoms with Crippen molar-refractivity contribution in [3.05, 3.63) is 36.7 Å². The van der Waals surface area contributed by atoms with E-state index in [1.807, 2.05) is 18.2 Å². The van der Waals surface area contributed by atoms with Crippen LogP contribution in [0, 0.1) is 0 Å². The Labute approximate surface area is 116 Å². The van der Waals surface area contributed by atoms with Gasteiger partial charge in [0.15, 0.2) is 0 Å². The normalized spacial score (nSPS) is 11.1. The van der Waals surface area contributed by atoms with Crippen LogP contribution in [-0.2, 0) is 6.54 Å². The Kier molecular flexibility index (Phi) is 3.02. The zero-order chi connectivity index (χ0) is 14.1.